The van der Waals surface area contributed by atoms with E-state index in [2.05, 4.69) is 5.32 Å². The van der Waals surface area contributed by atoms with Gasteiger partial charge in [0.15, 0.2) is 0 Å². The monoisotopic (exact) mass is 368 g/mol. The molecule has 0 aliphatic rings. The molecule has 0 saturated heterocycles. The van der Waals surface area contributed by atoms with Crippen molar-refractivity contribution in [3.05, 3.63) is 29.8 Å². The fourth-order valence-corrected chi connectivity index (χ4v) is 1.59. The Morgan fingerprint density at radius 2 is 1.65 bits per heavy atom. The molecular weight excluding hydrogens is 340 g/mol. The number of carboxylic acid groups (broad SMARTS) is 1. The number of carbonyl (C=O) groups is 3. The molecule has 5 N–H and O–H groups in total. The first-order valence-electron chi connectivity index (χ1n) is 8.10. The second kappa shape index (κ2) is 9.88. The maximum atomic E-state index is 11.1. The minimum absolute atomic E-state index is 0.000349. The number of ether oxygens (including phenoxy) is 1. The van der Waals surface area contributed by atoms with Crippen LogP contribution in [0.3, 0.4) is 0 Å². The largest absolute Gasteiger partial charge is 0.481 e. The highest BCUT2D eigenvalue weighted by Gasteiger charge is 2.33. The van der Waals surface area contributed by atoms with Crippen LogP contribution in [0.25, 0.3) is 0 Å². The van der Waals surface area contributed by atoms with Gasteiger partial charge in [0.1, 0.15) is 5.60 Å². The highest BCUT2D eigenvalue weighted by molar-refractivity contribution is 5.88. The van der Waals surface area contributed by atoms with Crippen LogP contribution in [-0.4, -0.2) is 39.4 Å². The molecule has 0 aliphatic carbocycles. The summed E-state index contributed by atoms with van der Waals surface area (Å²) in [6, 6.07) is 6.72. The van der Waals surface area contributed by atoms with E-state index in [9.17, 15) is 19.5 Å². The molecular formula is C18H28N2O6. The van der Waals surface area contributed by atoms with Gasteiger partial charge in [0, 0.05) is 12.6 Å². The average Bonchev–Trinajstić information content (AvgIpc) is 2.47. The number of aliphatic carboxylic acids is 1. The van der Waals surface area contributed by atoms with Crippen molar-refractivity contribution in [2.24, 2.45) is 5.73 Å². The van der Waals surface area contributed by atoms with Crippen molar-refractivity contribution in [2.45, 2.75) is 58.8 Å². The lowest BCUT2D eigenvalue weighted by Crippen LogP contribution is -2.50. The normalized spacial score (nSPS) is 12.9. The third kappa shape index (κ3) is 10.4. The number of rotatable bonds is 5. The third-order valence-electron chi connectivity index (χ3n) is 2.92. The van der Waals surface area contributed by atoms with Crippen molar-refractivity contribution in [3.63, 3.8) is 0 Å². The number of amides is 1. The Balaban J connectivity index is 0.000000488. The Morgan fingerprint density at radius 3 is 2.00 bits per heavy atom. The van der Waals surface area contributed by atoms with Crippen molar-refractivity contribution in [1.82, 2.24) is 0 Å². The van der Waals surface area contributed by atoms with Gasteiger partial charge in [0.2, 0.25) is 11.6 Å². The number of benzene rings is 1. The molecule has 1 aromatic rings. The zero-order valence-corrected chi connectivity index (χ0v) is 15.8. The molecule has 0 bridgehead atoms. The molecule has 0 radical (unpaired) electrons. The van der Waals surface area contributed by atoms with Crippen molar-refractivity contribution < 1.29 is 29.3 Å². The molecule has 146 valence electrons. The maximum absolute atomic E-state index is 11.1. The SMILES string of the molecule is CC(=O)Nc1ccc(CC(=O)O)cc1.CCC(N)(O)C(=O)OC(C)(C)C. The molecule has 1 aromatic carbocycles. The molecule has 1 unspecified atom stereocenters. The average molecular weight is 368 g/mol. The minimum Gasteiger partial charge on any atom is -0.481 e. The number of esters is 1. The van der Waals surface area contributed by atoms with Crippen LogP contribution in [0.2, 0.25) is 0 Å². The summed E-state index contributed by atoms with van der Waals surface area (Å²) in [6.07, 6.45) is 0.141. The molecule has 0 saturated carbocycles. The molecule has 8 nitrogen and oxygen atoms in total. The van der Waals surface area contributed by atoms with Gasteiger partial charge < -0.3 is 20.3 Å². The number of aliphatic hydroxyl groups is 1. The van der Waals surface area contributed by atoms with Gasteiger partial charge in [0.25, 0.3) is 0 Å². The van der Waals surface area contributed by atoms with Gasteiger partial charge in [-0.3, -0.25) is 15.3 Å². The zero-order chi connectivity index (χ0) is 20.5. The quantitative estimate of drug-likeness (QED) is 0.458. The fourth-order valence-electron chi connectivity index (χ4n) is 1.59. The molecule has 0 aliphatic heterocycles. The van der Waals surface area contributed by atoms with Crippen LogP contribution in [0.1, 0.15) is 46.6 Å². The number of anilines is 1. The first-order chi connectivity index (χ1) is 11.8. The predicted octanol–water partition coefficient (Wildman–Crippen LogP) is 1.66. The number of hydrogen-bond donors (Lipinski definition) is 4. The number of nitrogens with one attached hydrogen (secondary N) is 1. The summed E-state index contributed by atoms with van der Waals surface area (Å²) in [6.45, 7) is 8.19. The molecule has 8 heteroatoms. The van der Waals surface area contributed by atoms with E-state index in [1.165, 1.54) is 6.92 Å². The first-order valence-corrected chi connectivity index (χ1v) is 8.10. The Labute approximate surface area is 153 Å². The molecule has 0 spiro atoms. The van der Waals surface area contributed by atoms with Crippen molar-refractivity contribution in [1.29, 1.82) is 0 Å². The van der Waals surface area contributed by atoms with Gasteiger partial charge in [-0.2, -0.15) is 0 Å². The molecule has 0 heterocycles. The summed E-state index contributed by atoms with van der Waals surface area (Å²) < 4.78 is 4.88. The lowest BCUT2D eigenvalue weighted by Gasteiger charge is -2.26. The van der Waals surface area contributed by atoms with Crippen LogP contribution in [0, 0.1) is 0 Å². The summed E-state index contributed by atoms with van der Waals surface area (Å²) in [5.41, 5.74) is 4.17. The van der Waals surface area contributed by atoms with E-state index in [-0.39, 0.29) is 18.7 Å². The summed E-state index contributed by atoms with van der Waals surface area (Å²) in [4.78, 5) is 32.1. The molecule has 1 rings (SSSR count). The van der Waals surface area contributed by atoms with Gasteiger partial charge in [0.05, 0.1) is 6.42 Å². The summed E-state index contributed by atoms with van der Waals surface area (Å²) in [5.74, 6) is -1.79. The van der Waals surface area contributed by atoms with E-state index in [0.29, 0.717) is 11.3 Å². The molecule has 26 heavy (non-hydrogen) atoms. The number of nitrogens with two attached hydrogens (primary N) is 1. The van der Waals surface area contributed by atoms with Crippen molar-refractivity contribution in [3.8, 4) is 0 Å². The molecule has 1 atom stereocenters. The van der Waals surface area contributed by atoms with Crippen LogP contribution in [0.15, 0.2) is 24.3 Å². The van der Waals surface area contributed by atoms with Crippen molar-refractivity contribution in [2.75, 3.05) is 5.32 Å². The Hall–Kier alpha value is -2.45. The van der Waals surface area contributed by atoms with E-state index < -0.39 is 23.3 Å². The van der Waals surface area contributed by atoms with E-state index in [4.69, 9.17) is 15.6 Å². The zero-order valence-electron chi connectivity index (χ0n) is 15.8. The van der Waals surface area contributed by atoms with E-state index in [1.807, 2.05) is 0 Å². The molecule has 1 amide bonds. The molecule has 0 aromatic heterocycles. The van der Waals surface area contributed by atoms with Crippen LogP contribution in [0.4, 0.5) is 5.69 Å². The van der Waals surface area contributed by atoms with Gasteiger partial charge in [-0.1, -0.05) is 19.1 Å². The lowest BCUT2D eigenvalue weighted by molar-refractivity contribution is -0.177. The third-order valence-corrected chi connectivity index (χ3v) is 2.92. The highest BCUT2D eigenvalue weighted by atomic mass is 16.6. The second-order valence-corrected chi connectivity index (χ2v) is 6.73. The first kappa shape index (κ1) is 23.5. The van der Waals surface area contributed by atoms with Crippen LogP contribution < -0.4 is 11.1 Å². The predicted molar refractivity (Wildman–Crippen MR) is 97.4 cm³/mol. The van der Waals surface area contributed by atoms with Crippen LogP contribution >= 0.6 is 0 Å². The van der Waals surface area contributed by atoms with E-state index >= 15 is 0 Å². The van der Waals surface area contributed by atoms with E-state index in [0.717, 1.165) is 0 Å². The van der Waals surface area contributed by atoms with Crippen molar-refractivity contribution >= 4 is 23.5 Å². The van der Waals surface area contributed by atoms with Crippen LogP contribution in [-0.2, 0) is 25.5 Å². The molecule has 0 fully saturated rings. The Morgan fingerprint density at radius 1 is 1.15 bits per heavy atom. The van der Waals surface area contributed by atoms with Gasteiger partial charge in [-0.05, 0) is 44.9 Å². The lowest BCUT2D eigenvalue weighted by atomic mass is 10.1. The summed E-state index contributed by atoms with van der Waals surface area (Å²) in [5, 5.41) is 20.4. The summed E-state index contributed by atoms with van der Waals surface area (Å²) in [7, 11) is 0. The van der Waals surface area contributed by atoms with E-state index in [1.54, 1.807) is 52.0 Å². The minimum atomic E-state index is -1.85. The number of carboxylic acids is 1. The highest BCUT2D eigenvalue weighted by Crippen LogP contribution is 2.13. The van der Waals surface area contributed by atoms with Gasteiger partial charge >= 0.3 is 11.9 Å². The number of carbonyl (C=O) groups excluding carboxylic acids is 2. The smallest absolute Gasteiger partial charge is 0.353 e. The second-order valence-electron chi connectivity index (χ2n) is 6.73. The standard InChI is InChI=1S/C10H11NO3.C8H17NO3/c1-7(12)11-9-4-2-8(3-5-9)6-10(13)14;1-5-8(9,11)6(10)12-7(2,3)4/h2-5H,6H2,1H3,(H,11,12)(H,13,14);11H,5,9H2,1-4H3. The topological polar surface area (TPSA) is 139 Å². The van der Waals surface area contributed by atoms with Gasteiger partial charge in [-0.25, -0.2) is 4.79 Å². The number of hydrogen-bond acceptors (Lipinski definition) is 6. The Bertz CT molecular complexity index is 583. The fraction of sp³-hybridized carbons (Fsp3) is 0.500. The van der Waals surface area contributed by atoms with Crippen LogP contribution in [0.5, 0.6) is 0 Å². The Kier molecular flexibility index (Phi) is 8.95. The van der Waals surface area contributed by atoms with Gasteiger partial charge in [-0.15, -0.1) is 0 Å². The maximum Gasteiger partial charge on any atom is 0.353 e. The summed E-state index contributed by atoms with van der Waals surface area (Å²) >= 11 is 0.